The molecule has 1 aliphatic rings. The van der Waals surface area contributed by atoms with Crippen LogP contribution in [-0.4, -0.2) is 34.7 Å². The number of amides is 1. The predicted octanol–water partition coefficient (Wildman–Crippen LogP) is 7.71. The smallest absolute Gasteiger partial charge is 0.419 e. The summed E-state index contributed by atoms with van der Waals surface area (Å²) >= 11 is 0. The highest BCUT2D eigenvalue weighted by molar-refractivity contribution is 5.96. The normalized spacial score (nSPS) is 16.2. The number of ether oxygens (including phenoxy) is 1. The van der Waals surface area contributed by atoms with Crippen molar-refractivity contribution in [2.75, 3.05) is 13.2 Å². The first kappa shape index (κ1) is 32.3. The van der Waals surface area contributed by atoms with Crippen LogP contribution in [0.1, 0.15) is 86.8 Å². The van der Waals surface area contributed by atoms with Gasteiger partial charge in [0.25, 0.3) is 5.91 Å². The maximum atomic E-state index is 14.2. The number of nitrogens with zero attached hydrogens (tertiary/aromatic N) is 1. The predicted molar refractivity (Wildman–Crippen MR) is 162 cm³/mol. The molecule has 9 heteroatoms. The maximum absolute atomic E-state index is 14.2. The molecule has 1 amide bonds. The van der Waals surface area contributed by atoms with Crippen molar-refractivity contribution in [2.45, 2.75) is 76.9 Å². The van der Waals surface area contributed by atoms with Crippen molar-refractivity contribution in [3.63, 3.8) is 0 Å². The number of phenols is 1. The van der Waals surface area contributed by atoms with Crippen molar-refractivity contribution < 1.29 is 27.8 Å². The number of aromatic nitrogens is 1. The van der Waals surface area contributed by atoms with Crippen molar-refractivity contribution in [3.05, 3.63) is 77.6 Å². The number of halogens is 3. The quantitative estimate of drug-likeness (QED) is 0.199. The second-order valence-corrected chi connectivity index (χ2v) is 12.4. The number of carbonyl (C=O) groups is 1. The van der Waals surface area contributed by atoms with Gasteiger partial charge >= 0.3 is 6.18 Å². The Morgan fingerprint density at radius 2 is 1.79 bits per heavy atom. The average molecular weight is 598 g/mol. The number of carbonyl (C=O) groups excluding carboxylic acids is 1. The minimum atomic E-state index is -4.61. The fraction of sp³-hybridized carbons (Fsp3) is 0.471. The summed E-state index contributed by atoms with van der Waals surface area (Å²) in [5.74, 6) is -0.00156. The number of hydrogen-bond acceptors (Lipinski definition) is 5. The Kier molecular flexibility index (Phi) is 10.4. The van der Waals surface area contributed by atoms with Gasteiger partial charge in [-0.1, -0.05) is 44.9 Å². The average Bonchev–Trinajstić information content (AvgIpc) is 3.48. The van der Waals surface area contributed by atoms with E-state index in [1.54, 1.807) is 43.5 Å². The first-order chi connectivity index (χ1) is 20.3. The van der Waals surface area contributed by atoms with Gasteiger partial charge in [0, 0.05) is 29.9 Å². The summed E-state index contributed by atoms with van der Waals surface area (Å²) < 4.78 is 48.1. The summed E-state index contributed by atoms with van der Waals surface area (Å²) in [6.07, 6.45) is 2.55. The number of alkyl halides is 3. The van der Waals surface area contributed by atoms with Gasteiger partial charge in [0.1, 0.15) is 18.1 Å². The molecule has 3 aromatic rings. The second-order valence-electron chi connectivity index (χ2n) is 12.4. The van der Waals surface area contributed by atoms with E-state index >= 15 is 0 Å². The summed E-state index contributed by atoms with van der Waals surface area (Å²) in [4.78, 5) is 17.3. The summed E-state index contributed by atoms with van der Waals surface area (Å²) in [6, 6.07) is 14.1. The van der Waals surface area contributed by atoms with E-state index in [1.165, 1.54) is 12.1 Å². The van der Waals surface area contributed by atoms with E-state index in [4.69, 9.17) is 10.5 Å². The van der Waals surface area contributed by atoms with Crippen LogP contribution in [-0.2, 0) is 6.18 Å². The molecule has 1 aromatic heterocycles. The number of para-hydroxylation sites is 1. The van der Waals surface area contributed by atoms with E-state index in [9.17, 15) is 23.1 Å². The van der Waals surface area contributed by atoms with E-state index in [1.807, 2.05) is 19.9 Å². The SMILES string of the molecule is CC(C)C[C@](C)(N)COc1ccc(-c2ccnc([C@@H](CCNC(=O)c3ccccc3O)C3CCCC3)c2)cc1C(F)(F)F. The van der Waals surface area contributed by atoms with E-state index in [2.05, 4.69) is 10.3 Å². The summed E-state index contributed by atoms with van der Waals surface area (Å²) in [7, 11) is 0. The number of aromatic hydroxyl groups is 1. The maximum Gasteiger partial charge on any atom is 0.419 e. The summed E-state index contributed by atoms with van der Waals surface area (Å²) in [5.41, 5.74) is 6.73. The number of nitrogens with one attached hydrogen (secondary N) is 1. The van der Waals surface area contributed by atoms with Gasteiger partial charge in [0.05, 0.1) is 11.1 Å². The third kappa shape index (κ3) is 8.72. The number of rotatable bonds is 12. The van der Waals surface area contributed by atoms with E-state index in [-0.39, 0.29) is 41.4 Å². The Morgan fingerprint density at radius 3 is 2.47 bits per heavy atom. The molecule has 0 aliphatic heterocycles. The lowest BCUT2D eigenvalue weighted by molar-refractivity contribution is -0.139. The van der Waals surface area contributed by atoms with Crippen LogP contribution < -0.4 is 15.8 Å². The highest BCUT2D eigenvalue weighted by Gasteiger charge is 2.36. The molecule has 2 aromatic carbocycles. The van der Waals surface area contributed by atoms with Gasteiger partial charge in [-0.25, -0.2) is 0 Å². The summed E-state index contributed by atoms with van der Waals surface area (Å²) in [5, 5.41) is 12.9. The van der Waals surface area contributed by atoms with Crippen LogP contribution >= 0.6 is 0 Å². The molecule has 0 unspecified atom stereocenters. The molecule has 2 atom stereocenters. The lowest BCUT2D eigenvalue weighted by Gasteiger charge is -2.27. The van der Waals surface area contributed by atoms with Gasteiger partial charge in [-0.3, -0.25) is 9.78 Å². The summed E-state index contributed by atoms with van der Waals surface area (Å²) in [6.45, 7) is 6.14. The topological polar surface area (TPSA) is 97.5 Å². The van der Waals surface area contributed by atoms with Crippen molar-refractivity contribution >= 4 is 5.91 Å². The molecule has 232 valence electrons. The van der Waals surface area contributed by atoms with Crippen LogP contribution in [0.25, 0.3) is 11.1 Å². The van der Waals surface area contributed by atoms with Crippen LogP contribution in [0.5, 0.6) is 11.5 Å². The molecule has 0 bridgehead atoms. The lowest BCUT2D eigenvalue weighted by atomic mass is 9.84. The molecule has 43 heavy (non-hydrogen) atoms. The number of nitrogens with two attached hydrogens (primary N) is 1. The first-order valence-electron chi connectivity index (χ1n) is 15.0. The fourth-order valence-corrected chi connectivity index (χ4v) is 6.21. The zero-order valence-electron chi connectivity index (χ0n) is 25.1. The largest absolute Gasteiger partial charge is 0.507 e. The van der Waals surface area contributed by atoms with Gasteiger partial charge in [0.15, 0.2) is 0 Å². The van der Waals surface area contributed by atoms with E-state index in [0.717, 1.165) is 37.4 Å². The monoisotopic (exact) mass is 597 g/mol. The zero-order chi connectivity index (χ0) is 31.2. The molecular weight excluding hydrogens is 555 g/mol. The first-order valence-corrected chi connectivity index (χ1v) is 15.0. The number of phenolic OH excluding ortho intramolecular Hbond substituents is 1. The molecule has 6 nitrogen and oxygen atoms in total. The van der Waals surface area contributed by atoms with Gasteiger partial charge in [0.2, 0.25) is 0 Å². The Morgan fingerprint density at radius 1 is 1.09 bits per heavy atom. The molecule has 1 aliphatic carbocycles. The lowest BCUT2D eigenvalue weighted by Crippen LogP contribution is -2.43. The van der Waals surface area contributed by atoms with Crippen LogP contribution in [0.2, 0.25) is 0 Å². The van der Waals surface area contributed by atoms with Crippen molar-refractivity contribution in [1.29, 1.82) is 0 Å². The molecule has 0 saturated heterocycles. The van der Waals surface area contributed by atoms with Crippen LogP contribution in [0.3, 0.4) is 0 Å². The Bertz CT molecular complexity index is 1380. The second kappa shape index (κ2) is 13.8. The molecule has 0 radical (unpaired) electrons. The van der Waals surface area contributed by atoms with E-state index < -0.39 is 17.3 Å². The van der Waals surface area contributed by atoms with E-state index in [0.29, 0.717) is 36.4 Å². The third-order valence-corrected chi connectivity index (χ3v) is 8.07. The molecule has 4 N–H and O–H groups in total. The highest BCUT2D eigenvalue weighted by Crippen LogP contribution is 2.41. The number of hydrogen-bond donors (Lipinski definition) is 3. The Balaban J connectivity index is 1.55. The number of benzene rings is 2. The molecule has 1 fully saturated rings. The van der Waals surface area contributed by atoms with Gasteiger partial charge in [-0.05, 0) is 92.0 Å². The van der Waals surface area contributed by atoms with Crippen molar-refractivity contribution in [1.82, 2.24) is 10.3 Å². The molecule has 0 spiro atoms. The zero-order valence-corrected chi connectivity index (χ0v) is 25.1. The van der Waals surface area contributed by atoms with Gasteiger partial charge < -0.3 is 20.9 Å². The Hall–Kier alpha value is -3.59. The molecular formula is C34H42F3N3O3. The van der Waals surface area contributed by atoms with Crippen molar-refractivity contribution in [3.8, 4) is 22.6 Å². The molecule has 1 saturated carbocycles. The minimum Gasteiger partial charge on any atom is -0.507 e. The van der Waals surface area contributed by atoms with Gasteiger partial charge in [-0.2, -0.15) is 13.2 Å². The van der Waals surface area contributed by atoms with Crippen LogP contribution in [0, 0.1) is 11.8 Å². The van der Waals surface area contributed by atoms with Crippen LogP contribution in [0.4, 0.5) is 13.2 Å². The van der Waals surface area contributed by atoms with Crippen molar-refractivity contribution in [2.24, 2.45) is 17.6 Å². The molecule has 1 heterocycles. The fourth-order valence-electron chi connectivity index (χ4n) is 6.21. The highest BCUT2D eigenvalue weighted by atomic mass is 19.4. The molecule has 4 rings (SSSR count). The third-order valence-electron chi connectivity index (χ3n) is 8.07. The number of pyridine rings is 1. The standard InChI is InChI=1S/C34H42F3N3O3/c1-22(2)20-33(3,38)21-43-31-13-12-24(18-28(31)34(35,36)37)25-14-16-39-29(19-25)26(23-8-4-5-9-23)15-17-40-32(42)27-10-6-7-11-30(27)41/h6-7,10-14,16,18-19,22-23,26,41H,4-5,8-9,15,17,20-21,38H2,1-3H3,(H,40,42)/t26-,33-/m0/s1. The minimum absolute atomic E-state index is 0.0278. The van der Waals surface area contributed by atoms with Gasteiger partial charge in [-0.15, -0.1) is 0 Å². The Labute approximate surface area is 251 Å². The van der Waals surface area contributed by atoms with Crippen LogP contribution in [0.15, 0.2) is 60.8 Å².